The Labute approximate surface area is 142 Å². The zero-order valence-corrected chi connectivity index (χ0v) is 15.2. The predicted octanol–water partition coefficient (Wildman–Crippen LogP) is 6.10. The van der Waals surface area contributed by atoms with Gasteiger partial charge in [0.1, 0.15) is 5.15 Å². The molecule has 0 aliphatic carbocycles. The maximum absolute atomic E-state index is 6.33. The molecule has 0 bridgehead atoms. The van der Waals surface area contributed by atoms with Crippen molar-refractivity contribution in [2.75, 3.05) is 0 Å². The number of fused-ring (bicyclic) bond motifs is 1. The van der Waals surface area contributed by atoms with Crippen LogP contribution in [0.25, 0.3) is 22.3 Å². The summed E-state index contributed by atoms with van der Waals surface area (Å²) in [5.74, 6) is 0.639. The monoisotopic (exact) mass is 430 g/mol. The molecule has 1 aromatic carbocycles. The molecular weight excluding hydrogens is 423 g/mol. The van der Waals surface area contributed by atoms with Gasteiger partial charge in [0.05, 0.1) is 13.1 Å². The van der Waals surface area contributed by atoms with Crippen molar-refractivity contribution in [2.45, 2.75) is 13.3 Å². The lowest BCUT2D eigenvalue weighted by Gasteiger charge is -2.05. The second-order valence-corrected chi connectivity index (χ2v) is 8.39. The molecule has 0 aliphatic heterocycles. The molecule has 2 heterocycles. The van der Waals surface area contributed by atoms with Crippen molar-refractivity contribution >= 4 is 65.7 Å². The Kier molecular flexibility index (Phi) is 4.13. The summed E-state index contributed by atoms with van der Waals surface area (Å²) in [7, 11) is 0. The largest absolute Gasteiger partial charge is 0.228 e. The second-order valence-electron chi connectivity index (χ2n) is 4.28. The Morgan fingerprint density at radius 2 is 2.00 bits per heavy atom. The van der Waals surface area contributed by atoms with Crippen LogP contribution in [0.4, 0.5) is 0 Å². The highest BCUT2D eigenvalue weighted by atomic mass is 79.9. The van der Waals surface area contributed by atoms with Crippen LogP contribution in [0.2, 0.25) is 5.15 Å². The van der Waals surface area contributed by atoms with E-state index in [1.54, 1.807) is 11.3 Å². The van der Waals surface area contributed by atoms with Gasteiger partial charge in [-0.05, 0) is 62.0 Å². The zero-order valence-electron chi connectivity index (χ0n) is 10.5. The molecule has 3 aromatic rings. The summed E-state index contributed by atoms with van der Waals surface area (Å²) in [6.07, 6.45) is 0.969. The van der Waals surface area contributed by atoms with Crippen LogP contribution in [0.1, 0.15) is 12.5 Å². The van der Waals surface area contributed by atoms with E-state index in [-0.39, 0.29) is 0 Å². The molecule has 102 valence electrons. The van der Waals surface area contributed by atoms with E-state index in [0.717, 1.165) is 30.5 Å². The van der Waals surface area contributed by atoms with Gasteiger partial charge in [0.25, 0.3) is 0 Å². The van der Waals surface area contributed by atoms with E-state index in [2.05, 4.69) is 60.9 Å². The molecule has 0 saturated heterocycles. The first-order chi connectivity index (χ1) is 9.58. The first kappa shape index (κ1) is 14.4. The van der Waals surface area contributed by atoms with Gasteiger partial charge >= 0.3 is 0 Å². The number of hydrogen-bond acceptors (Lipinski definition) is 3. The van der Waals surface area contributed by atoms with E-state index >= 15 is 0 Å². The summed E-state index contributed by atoms with van der Waals surface area (Å²) < 4.78 is 2.02. The standard InChI is InChI=1S/C14H9Br2ClN2S/c1-2-7-3-4-10-8(5-7)13(17)19-14(18-10)9-6-11(15)20-12(9)16/h3-6H,2H2,1H3. The molecule has 6 heteroatoms. The summed E-state index contributed by atoms with van der Waals surface area (Å²) >= 11 is 14.9. The molecule has 0 radical (unpaired) electrons. The van der Waals surface area contributed by atoms with Crippen LogP contribution < -0.4 is 0 Å². The zero-order chi connectivity index (χ0) is 14.3. The summed E-state index contributed by atoms with van der Waals surface area (Å²) in [5, 5.41) is 1.40. The highest BCUT2D eigenvalue weighted by molar-refractivity contribution is 9.12. The molecule has 0 saturated carbocycles. The Morgan fingerprint density at radius 1 is 1.20 bits per heavy atom. The first-order valence-electron chi connectivity index (χ1n) is 6.00. The molecule has 2 nitrogen and oxygen atoms in total. The lowest BCUT2D eigenvalue weighted by Crippen LogP contribution is -1.92. The smallest absolute Gasteiger partial charge is 0.163 e. The third-order valence-electron chi connectivity index (χ3n) is 3.02. The average Bonchev–Trinajstić information content (AvgIpc) is 2.77. The van der Waals surface area contributed by atoms with Gasteiger partial charge < -0.3 is 0 Å². The van der Waals surface area contributed by atoms with E-state index in [1.807, 2.05) is 12.1 Å². The van der Waals surface area contributed by atoms with Crippen molar-refractivity contribution in [3.05, 3.63) is 42.6 Å². The second kappa shape index (κ2) is 5.72. The molecule has 0 spiro atoms. The molecule has 0 N–H and O–H groups in total. The number of halogens is 3. The minimum absolute atomic E-state index is 0.495. The Hall–Kier alpha value is -0.490. The van der Waals surface area contributed by atoms with Gasteiger partial charge in [0.2, 0.25) is 0 Å². The number of aryl methyl sites for hydroxylation is 1. The summed E-state index contributed by atoms with van der Waals surface area (Å²) in [6.45, 7) is 2.12. The van der Waals surface area contributed by atoms with Crippen molar-refractivity contribution in [3.8, 4) is 11.4 Å². The van der Waals surface area contributed by atoms with Gasteiger partial charge in [0.15, 0.2) is 5.82 Å². The van der Waals surface area contributed by atoms with Crippen molar-refractivity contribution in [1.82, 2.24) is 9.97 Å². The van der Waals surface area contributed by atoms with Crippen LogP contribution in [0.3, 0.4) is 0 Å². The summed E-state index contributed by atoms with van der Waals surface area (Å²) in [5.41, 5.74) is 3.05. The Morgan fingerprint density at radius 3 is 2.65 bits per heavy atom. The molecule has 0 fully saturated rings. The number of nitrogens with zero attached hydrogens (tertiary/aromatic N) is 2. The minimum atomic E-state index is 0.495. The third kappa shape index (κ3) is 2.64. The first-order valence-corrected chi connectivity index (χ1v) is 8.78. The van der Waals surface area contributed by atoms with Crippen LogP contribution in [0.15, 0.2) is 31.8 Å². The SMILES string of the molecule is CCc1ccc2nc(-c3cc(Br)sc3Br)nc(Cl)c2c1. The lowest BCUT2D eigenvalue weighted by molar-refractivity contribution is 1.14. The Balaban J connectivity index is 2.22. The van der Waals surface area contributed by atoms with Gasteiger partial charge in [-0.3, -0.25) is 0 Å². The van der Waals surface area contributed by atoms with Crippen LogP contribution in [-0.4, -0.2) is 9.97 Å². The van der Waals surface area contributed by atoms with E-state index in [9.17, 15) is 0 Å². The molecular formula is C14H9Br2ClN2S. The normalized spacial score (nSPS) is 11.2. The van der Waals surface area contributed by atoms with E-state index in [4.69, 9.17) is 11.6 Å². The van der Waals surface area contributed by atoms with Crippen LogP contribution >= 0.6 is 54.8 Å². The maximum Gasteiger partial charge on any atom is 0.163 e. The van der Waals surface area contributed by atoms with Crippen molar-refractivity contribution in [2.24, 2.45) is 0 Å². The van der Waals surface area contributed by atoms with Crippen molar-refractivity contribution in [3.63, 3.8) is 0 Å². The van der Waals surface area contributed by atoms with Crippen molar-refractivity contribution in [1.29, 1.82) is 0 Å². The fourth-order valence-corrected chi connectivity index (χ4v) is 4.99. The third-order valence-corrected chi connectivity index (χ3v) is 5.65. The van der Waals surface area contributed by atoms with Gasteiger partial charge in [-0.25, -0.2) is 9.97 Å². The number of rotatable bonds is 2. The highest BCUT2D eigenvalue weighted by Crippen LogP contribution is 2.38. The van der Waals surface area contributed by atoms with Crippen LogP contribution in [-0.2, 0) is 6.42 Å². The van der Waals surface area contributed by atoms with Crippen LogP contribution in [0.5, 0.6) is 0 Å². The van der Waals surface area contributed by atoms with Crippen LogP contribution in [0, 0.1) is 0 Å². The van der Waals surface area contributed by atoms with E-state index < -0.39 is 0 Å². The summed E-state index contributed by atoms with van der Waals surface area (Å²) in [4.78, 5) is 9.05. The number of hydrogen-bond donors (Lipinski definition) is 0. The molecule has 20 heavy (non-hydrogen) atoms. The quantitative estimate of drug-likeness (QED) is 0.457. The molecule has 3 rings (SSSR count). The molecule has 0 aliphatic rings. The number of aromatic nitrogens is 2. The molecule has 2 aromatic heterocycles. The number of benzene rings is 1. The van der Waals surface area contributed by atoms with Gasteiger partial charge in [-0.2, -0.15) is 0 Å². The van der Waals surface area contributed by atoms with E-state index in [1.165, 1.54) is 5.56 Å². The molecule has 0 atom stereocenters. The van der Waals surface area contributed by atoms with Crippen molar-refractivity contribution < 1.29 is 0 Å². The minimum Gasteiger partial charge on any atom is -0.228 e. The predicted molar refractivity (Wildman–Crippen MR) is 92.6 cm³/mol. The number of thiophene rings is 1. The molecule has 0 amide bonds. The fraction of sp³-hybridized carbons (Fsp3) is 0.143. The van der Waals surface area contributed by atoms with Gasteiger partial charge in [0, 0.05) is 10.9 Å². The highest BCUT2D eigenvalue weighted by Gasteiger charge is 2.13. The summed E-state index contributed by atoms with van der Waals surface area (Å²) in [6, 6.07) is 8.13. The topological polar surface area (TPSA) is 25.8 Å². The maximum atomic E-state index is 6.33. The Bertz CT molecular complexity index is 801. The lowest BCUT2D eigenvalue weighted by atomic mass is 10.1. The fourth-order valence-electron chi connectivity index (χ4n) is 1.97. The van der Waals surface area contributed by atoms with Gasteiger partial charge in [-0.1, -0.05) is 24.6 Å². The average molecular weight is 433 g/mol. The molecule has 0 unspecified atom stereocenters. The van der Waals surface area contributed by atoms with E-state index in [0.29, 0.717) is 11.0 Å². The van der Waals surface area contributed by atoms with Gasteiger partial charge in [-0.15, -0.1) is 11.3 Å².